The largest absolute Gasteiger partial charge is 0.491 e. The number of carbonyl (C=O) groups is 1. The zero-order valence-electron chi connectivity index (χ0n) is 15.7. The zero-order valence-corrected chi connectivity index (χ0v) is 15.7. The lowest BCUT2D eigenvalue weighted by atomic mass is 10.2. The molecule has 0 spiro atoms. The summed E-state index contributed by atoms with van der Waals surface area (Å²) >= 11 is 0. The molecule has 1 heterocycles. The molecule has 1 aromatic heterocycles. The third kappa shape index (κ3) is 6.97. The molecule has 7 heteroatoms. The van der Waals surface area contributed by atoms with Crippen molar-refractivity contribution in [3.63, 3.8) is 0 Å². The summed E-state index contributed by atoms with van der Waals surface area (Å²) < 4.78 is 22.7. The van der Waals surface area contributed by atoms with E-state index in [1.54, 1.807) is 31.4 Å². The number of nitrogens with zero attached hydrogens (tertiary/aromatic N) is 1. The summed E-state index contributed by atoms with van der Waals surface area (Å²) in [5.41, 5.74) is 0.893. The molecule has 2 rings (SSSR count). The maximum atomic E-state index is 12.1. The first-order valence-electron chi connectivity index (χ1n) is 8.73. The number of ketones is 1. The zero-order chi connectivity index (χ0) is 19.5. The van der Waals surface area contributed by atoms with E-state index in [1.165, 1.54) is 29.8 Å². The number of rotatable bonds is 12. The van der Waals surface area contributed by atoms with Gasteiger partial charge in [-0.1, -0.05) is 6.07 Å². The summed E-state index contributed by atoms with van der Waals surface area (Å²) in [6.07, 6.45) is 1.54. The minimum atomic E-state index is -0.214. The van der Waals surface area contributed by atoms with Crippen molar-refractivity contribution in [1.82, 2.24) is 4.57 Å². The fraction of sp³-hybridized carbons (Fsp3) is 0.400. The molecule has 0 unspecified atom stereocenters. The molecule has 7 nitrogen and oxygen atoms in total. The number of pyridine rings is 1. The molecule has 1 aromatic carbocycles. The number of aromatic nitrogens is 1. The summed E-state index contributed by atoms with van der Waals surface area (Å²) in [5.74, 6) is 0.520. The van der Waals surface area contributed by atoms with Crippen molar-refractivity contribution in [2.45, 2.75) is 6.92 Å². The van der Waals surface area contributed by atoms with Gasteiger partial charge in [0.15, 0.2) is 5.78 Å². The summed E-state index contributed by atoms with van der Waals surface area (Å²) in [5, 5.41) is 0. The van der Waals surface area contributed by atoms with Crippen molar-refractivity contribution in [2.24, 2.45) is 0 Å². The van der Waals surface area contributed by atoms with E-state index in [9.17, 15) is 9.59 Å². The van der Waals surface area contributed by atoms with E-state index in [2.05, 4.69) is 0 Å². The lowest BCUT2D eigenvalue weighted by molar-refractivity contribution is 0.0180. The SMILES string of the molecule is COCCOCCOCCOc1cccc(-n2cc(C(C)=O)ccc2=O)c1. The molecule has 0 aliphatic rings. The van der Waals surface area contributed by atoms with Gasteiger partial charge in [-0.25, -0.2) is 0 Å². The number of hydrogen-bond donors (Lipinski definition) is 0. The van der Waals surface area contributed by atoms with E-state index in [1.807, 2.05) is 0 Å². The van der Waals surface area contributed by atoms with E-state index in [4.69, 9.17) is 18.9 Å². The molecule has 0 amide bonds. The lowest BCUT2D eigenvalue weighted by Gasteiger charge is -2.11. The van der Waals surface area contributed by atoms with Crippen LogP contribution in [-0.4, -0.2) is 57.1 Å². The van der Waals surface area contributed by atoms with Gasteiger partial charge in [-0.2, -0.15) is 0 Å². The average Bonchev–Trinajstić information content (AvgIpc) is 2.67. The smallest absolute Gasteiger partial charge is 0.255 e. The molecule has 146 valence electrons. The van der Waals surface area contributed by atoms with Gasteiger partial charge in [0, 0.05) is 31.0 Å². The Morgan fingerprint density at radius 1 is 0.963 bits per heavy atom. The predicted molar refractivity (Wildman–Crippen MR) is 101 cm³/mol. The fourth-order valence-corrected chi connectivity index (χ4v) is 2.30. The molecule has 0 aliphatic heterocycles. The molecule has 27 heavy (non-hydrogen) atoms. The Hall–Kier alpha value is -2.48. The van der Waals surface area contributed by atoms with Gasteiger partial charge in [0.05, 0.1) is 38.7 Å². The Morgan fingerprint density at radius 2 is 1.67 bits per heavy atom. The van der Waals surface area contributed by atoms with Crippen LogP contribution in [0.15, 0.2) is 47.4 Å². The van der Waals surface area contributed by atoms with Gasteiger partial charge in [0.25, 0.3) is 5.56 Å². The third-order valence-corrected chi connectivity index (χ3v) is 3.71. The summed E-state index contributed by atoms with van der Waals surface area (Å²) in [6.45, 7) is 4.38. The van der Waals surface area contributed by atoms with Crippen LogP contribution in [0.2, 0.25) is 0 Å². The van der Waals surface area contributed by atoms with Crippen LogP contribution in [0.4, 0.5) is 0 Å². The second kappa shape index (κ2) is 11.3. The Bertz CT molecular complexity index is 786. The van der Waals surface area contributed by atoms with E-state index >= 15 is 0 Å². The second-order valence-corrected chi connectivity index (χ2v) is 5.75. The molecule has 0 saturated carbocycles. The first-order valence-corrected chi connectivity index (χ1v) is 8.73. The van der Waals surface area contributed by atoms with Crippen LogP contribution in [-0.2, 0) is 14.2 Å². The Morgan fingerprint density at radius 3 is 2.37 bits per heavy atom. The van der Waals surface area contributed by atoms with Crippen molar-refractivity contribution < 1.29 is 23.7 Å². The minimum Gasteiger partial charge on any atom is -0.491 e. The van der Waals surface area contributed by atoms with E-state index in [-0.39, 0.29) is 11.3 Å². The van der Waals surface area contributed by atoms with Crippen LogP contribution in [0.5, 0.6) is 5.75 Å². The number of ether oxygens (including phenoxy) is 4. The molecule has 2 aromatic rings. The van der Waals surface area contributed by atoms with Crippen LogP contribution < -0.4 is 10.3 Å². The lowest BCUT2D eigenvalue weighted by Crippen LogP contribution is -2.18. The Kier molecular flexibility index (Phi) is 8.70. The highest BCUT2D eigenvalue weighted by molar-refractivity contribution is 5.93. The molecular weight excluding hydrogens is 350 g/mol. The van der Waals surface area contributed by atoms with Gasteiger partial charge in [0.2, 0.25) is 0 Å². The number of hydrogen-bond acceptors (Lipinski definition) is 6. The third-order valence-electron chi connectivity index (χ3n) is 3.71. The van der Waals surface area contributed by atoms with Gasteiger partial charge in [-0.05, 0) is 25.1 Å². The van der Waals surface area contributed by atoms with Crippen molar-refractivity contribution in [3.8, 4) is 11.4 Å². The molecule has 0 N–H and O–H groups in total. The Balaban J connectivity index is 1.85. The quantitative estimate of drug-likeness (QED) is 0.418. The van der Waals surface area contributed by atoms with Crippen LogP contribution >= 0.6 is 0 Å². The minimum absolute atomic E-state index is 0.0977. The van der Waals surface area contributed by atoms with Gasteiger partial charge >= 0.3 is 0 Å². The maximum absolute atomic E-state index is 12.1. The van der Waals surface area contributed by atoms with Crippen molar-refractivity contribution in [1.29, 1.82) is 0 Å². The van der Waals surface area contributed by atoms with Gasteiger partial charge in [-0.15, -0.1) is 0 Å². The van der Waals surface area contributed by atoms with Crippen molar-refractivity contribution >= 4 is 5.78 Å². The number of methoxy groups -OCH3 is 1. The van der Waals surface area contributed by atoms with Gasteiger partial charge < -0.3 is 18.9 Å². The highest BCUT2D eigenvalue weighted by Gasteiger charge is 2.06. The average molecular weight is 375 g/mol. The number of carbonyl (C=O) groups excluding carboxylic acids is 1. The molecule has 0 fully saturated rings. The van der Waals surface area contributed by atoms with Crippen molar-refractivity contribution in [2.75, 3.05) is 46.8 Å². The topological polar surface area (TPSA) is 76.0 Å². The maximum Gasteiger partial charge on any atom is 0.255 e. The monoisotopic (exact) mass is 375 g/mol. The Labute approximate surface area is 158 Å². The van der Waals surface area contributed by atoms with Crippen LogP contribution in [0.3, 0.4) is 0 Å². The second-order valence-electron chi connectivity index (χ2n) is 5.75. The highest BCUT2D eigenvalue weighted by atomic mass is 16.6. The normalized spacial score (nSPS) is 10.7. The molecule has 0 aliphatic carbocycles. The van der Waals surface area contributed by atoms with E-state index < -0.39 is 0 Å². The predicted octanol–water partition coefficient (Wildman–Crippen LogP) is 2.10. The van der Waals surface area contributed by atoms with E-state index in [0.717, 1.165) is 0 Å². The molecule has 0 saturated heterocycles. The molecule has 0 atom stereocenters. The van der Waals surface area contributed by atoms with Crippen LogP contribution in [0.25, 0.3) is 5.69 Å². The number of Topliss-reactive ketones (excluding diaryl/α,β-unsaturated/α-hetero) is 1. The molecule has 0 bridgehead atoms. The van der Waals surface area contributed by atoms with Crippen molar-refractivity contribution in [3.05, 3.63) is 58.5 Å². The highest BCUT2D eigenvalue weighted by Crippen LogP contribution is 2.16. The number of benzene rings is 1. The first-order chi connectivity index (χ1) is 13.1. The standard InChI is InChI=1S/C20H25NO6/c1-16(22)17-6-7-20(23)21(15-17)18-4-3-5-19(14-18)27-13-12-26-11-10-25-9-8-24-2/h3-7,14-15H,8-13H2,1-2H3. The van der Waals surface area contributed by atoms with E-state index in [0.29, 0.717) is 56.6 Å². The first kappa shape index (κ1) is 20.8. The summed E-state index contributed by atoms with van der Waals surface area (Å²) in [7, 11) is 1.63. The fourth-order valence-electron chi connectivity index (χ4n) is 2.30. The molecule has 0 radical (unpaired) electrons. The van der Waals surface area contributed by atoms with Gasteiger partial charge in [0.1, 0.15) is 12.4 Å². The van der Waals surface area contributed by atoms with Crippen LogP contribution in [0.1, 0.15) is 17.3 Å². The van der Waals surface area contributed by atoms with Gasteiger partial charge in [-0.3, -0.25) is 14.2 Å². The summed E-state index contributed by atoms with van der Waals surface area (Å²) in [4.78, 5) is 23.6. The summed E-state index contributed by atoms with van der Waals surface area (Å²) in [6, 6.07) is 10.0. The molecular formula is C20H25NO6. The van der Waals surface area contributed by atoms with Crippen LogP contribution in [0, 0.1) is 0 Å².